The molecule has 0 saturated heterocycles. The van der Waals surface area contributed by atoms with Gasteiger partial charge >= 0.3 is 0 Å². The maximum atomic E-state index is 5.48. The summed E-state index contributed by atoms with van der Waals surface area (Å²) in [5, 5.41) is 7.75. The maximum absolute atomic E-state index is 5.48. The highest BCUT2D eigenvalue weighted by atomic mass is 15.6. The van der Waals surface area contributed by atoms with Crippen LogP contribution in [0.3, 0.4) is 0 Å². The van der Waals surface area contributed by atoms with Crippen LogP contribution in [0.15, 0.2) is 139 Å². The third kappa shape index (κ3) is 5.99. The number of anilines is 2. The molecule has 0 amide bonds. The fraction of sp³-hybridized carbons (Fsp3) is 0.225. The number of unbranched alkanes of at least 4 members (excludes halogenated alkanes) is 1. The Morgan fingerprint density at radius 1 is 0.651 bits per heavy atom. The van der Waals surface area contributed by atoms with Crippen LogP contribution in [-0.4, -0.2) is 5.84 Å². The van der Waals surface area contributed by atoms with Gasteiger partial charge in [0.1, 0.15) is 0 Å². The molecule has 1 aliphatic rings. The second-order valence-electron chi connectivity index (χ2n) is 12.4. The molecular weight excluding hydrogens is 522 g/mol. The normalized spacial score (nSPS) is 15.1. The van der Waals surface area contributed by atoms with Gasteiger partial charge in [-0.25, -0.2) is 5.01 Å². The molecule has 1 unspecified atom stereocenters. The molecule has 1 atom stereocenters. The van der Waals surface area contributed by atoms with Crippen LogP contribution in [0.1, 0.15) is 69.0 Å². The summed E-state index contributed by atoms with van der Waals surface area (Å²) in [6.45, 7) is 9.10. The van der Waals surface area contributed by atoms with Gasteiger partial charge in [-0.15, -0.1) is 0 Å². The van der Waals surface area contributed by atoms with Crippen molar-refractivity contribution in [2.45, 2.75) is 58.5 Å². The van der Waals surface area contributed by atoms with Crippen molar-refractivity contribution in [2.24, 2.45) is 5.10 Å². The molecule has 5 aromatic carbocycles. The van der Waals surface area contributed by atoms with E-state index in [1.807, 2.05) is 0 Å². The lowest BCUT2D eigenvalue weighted by atomic mass is 9.86. The molecule has 0 aliphatic carbocycles. The van der Waals surface area contributed by atoms with Gasteiger partial charge in [-0.3, -0.25) is 4.90 Å². The molecule has 43 heavy (non-hydrogen) atoms. The highest BCUT2D eigenvalue weighted by molar-refractivity contribution is 6.13. The van der Waals surface area contributed by atoms with E-state index in [1.54, 1.807) is 0 Å². The van der Waals surface area contributed by atoms with Gasteiger partial charge in [0.25, 0.3) is 0 Å². The number of hydrogen-bond acceptors (Lipinski definition) is 3. The Morgan fingerprint density at radius 2 is 1.28 bits per heavy atom. The van der Waals surface area contributed by atoms with Crippen LogP contribution in [0.4, 0.5) is 11.4 Å². The average Bonchev–Trinajstić information content (AvgIpc) is 3.45. The van der Waals surface area contributed by atoms with Crippen LogP contribution in [-0.2, 0) is 11.8 Å². The van der Waals surface area contributed by atoms with Crippen molar-refractivity contribution < 1.29 is 0 Å². The number of aryl methyl sites for hydroxylation is 1. The molecule has 0 saturated carbocycles. The molecule has 6 rings (SSSR count). The monoisotopic (exact) mass is 563 g/mol. The van der Waals surface area contributed by atoms with Crippen LogP contribution in [0, 0.1) is 0 Å². The Hall–Kier alpha value is -4.63. The number of hydrazone groups is 1. The first-order valence-electron chi connectivity index (χ1n) is 15.5. The lowest BCUT2D eigenvalue weighted by Gasteiger charge is -2.34. The van der Waals surface area contributed by atoms with Crippen LogP contribution in [0.25, 0.3) is 11.1 Å². The number of amidine groups is 1. The van der Waals surface area contributed by atoms with Gasteiger partial charge in [0.05, 0.1) is 5.69 Å². The summed E-state index contributed by atoms with van der Waals surface area (Å²) >= 11 is 0. The lowest BCUT2D eigenvalue weighted by Crippen LogP contribution is -2.36. The Bertz CT molecular complexity index is 1680. The minimum absolute atomic E-state index is 0.0347. The molecule has 5 aromatic rings. The van der Waals surface area contributed by atoms with E-state index >= 15 is 0 Å². The fourth-order valence-electron chi connectivity index (χ4n) is 5.88. The molecule has 0 radical (unpaired) electrons. The Balaban J connectivity index is 1.54. The zero-order chi connectivity index (χ0) is 29.8. The summed E-state index contributed by atoms with van der Waals surface area (Å²) in [7, 11) is 0. The van der Waals surface area contributed by atoms with E-state index in [0.29, 0.717) is 0 Å². The zero-order valence-electron chi connectivity index (χ0n) is 25.7. The SMILES string of the molecule is CCCCc1ccccc1N1N=C(c2ccc(-c3ccccc3)cc2)N(c2ccccc2)C1c1cccc(C(C)(C)C)c1. The molecule has 3 nitrogen and oxygen atoms in total. The van der Waals surface area contributed by atoms with Gasteiger partial charge in [0.15, 0.2) is 12.0 Å². The molecule has 1 aliphatic heterocycles. The molecule has 0 N–H and O–H groups in total. The topological polar surface area (TPSA) is 18.8 Å². The number of para-hydroxylation sites is 2. The highest BCUT2D eigenvalue weighted by Gasteiger charge is 2.39. The van der Waals surface area contributed by atoms with Gasteiger partial charge in [0.2, 0.25) is 0 Å². The second kappa shape index (κ2) is 12.3. The minimum atomic E-state index is -0.142. The van der Waals surface area contributed by atoms with Gasteiger partial charge in [-0.2, -0.15) is 5.10 Å². The van der Waals surface area contributed by atoms with Gasteiger partial charge < -0.3 is 0 Å². The van der Waals surface area contributed by atoms with Crippen molar-refractivity contribution in [3.8, 4) is 11.1 Å². The van der Waals surface area contributed by atoms with Crippen molar-refractivity contribution in [3.63, 3.8) is 0 Å². The molecule has 216 valence electrons. The minimum Gasteiger partial charge on any atom is -0.297 e. The summed E-state index contributed by atoms with van der Waals surface area (Å²) in [6.07, 6.45) is 3.19. The van der Waals surface area contributed by atoms with E-state index in [9.17, 15) is 0 Å². The van der Waals surface area contributed by atoms with E-state index in [-0.39, 0.29) is 11.6 Å². The van der Waals surface area contributed by atoms with E-state index < -0.39 is 0 Å². The molecule has 1 heterocycles. The molecule has 3 heteroatoms. The van der Waals surface area contributed by atoms with Crippen molar-refractivity contribution in [3.05, 3.63) is 156 Å². The number of nitrogens with zero attached hydrogens (tertiary/aromatic N) is 3. The third-order valence-electron chi connectivity index (χ3n) is 8.28. The molecular formula is C40H41N3. The van der Waals surface area contributed by atoms with Gasteiger partial charge in [-0.1, -0.05) is 149 Å². The van der Waals surface area contributed by atoms with Gasteiger partial charge in [-0.05, 0) is 64.3 Å². The molecule has 0 spiro atoms. The number of hydrogen-bond donors (Lipinski definition) is 0. The Labute approximate surface area is 257 Å². The number of benzene rings is 5. The predicted octanol–water partition coefficient (Wildman–Crippen LogP) is 10.4. The summed E-state index contributed by atoms with van der Waals surface area (Å²) in [6, 6.07) is 48.0. The quantitative estimate of drug-likeness (QED) is 0.187. The summed E-state index contributed by atoms with van der Waals surface area (Å²) < 4.78 is 0. The Kier molecular flexibility index (Phi) is 8.16. The second-order valence-corrected chi connectivity index (χ2v) is 12.4. The van der Waals surface area contributed by atoms with E-state index in [1.165, 1.54) is 33.5 Å². The molecule has 0 bridgehead atoms. The van der Waals surface area contributed by atoms with Crippen LogP contribution < -0.4 is 9.91 Å². The first-order valence-corrected chi connectivity index (χ1v) is 15.5. The largest absolute Gasteiger partial charge is 0.297 e. The molecule has 0 aromatic heterocycles. The zero-order valence-corrected chi connectivity index (χ0v) is 25.7. The average molecular weight is 564 g/mol. The van der Waals surface area contributed by atoms with Crippen molar-refractivity contribution in [1.29, 1.82) is 0 Å². The smallest absolute Gasteiger partial charge is 0.162 e. The summed E-state index contributed by atoms with van der Waals surface area (Å²) in [4.78, 5) is 2.41. The summed E-state index contributed by atoms with van der Waals surface area (Å²) in [5.74, 6) is 0.947. The van der Waals surface area contributed by atoms with Crippen LogP contribution in [0.2, 0.25) is 0 Å². The van der Waals surface area contributed by atoms with Gasteiger partial charge in [0, 0.05) is 11.3 Å². The Morgan fingerprint density at radius 3 is 1.98 bits per heavy atom. The number of rotatable bonds is 8. The van der Waals surface area contributed by atoms with Crippen molar-refractivity contribution in [2.75, 3.05) is 9.91 Å². The van der Waals surface area contributed by atoms with Crippen molar-refractivity contribution in [1.82, 2.24) is 0 Å². The van der Waals surface area contributed by atoms with E-state index in [2.05, 4.69) is 171 Å². The predicted molar refractivity (Wildman–Crippen MR) is 183 cm³/mol. The van der Waals surface area contributed by atoms with Crippen LogP contribution >= 0.6 is 0 Å². The van der Waals surface area contributed by atoms with Crippen molar-refractivity contribution >= 4 is 17.2 Å². The highest BCUT2D eigenvalue weighted by Crippen LogP contribution is 2.42. The lowest BCUT2D eigenvalue weighted by molar-refractivity contribution is 0.587. The summed E-state index contributed by atoms with van der Waals surface area (Å²) in [5.41, 5.74) is 9.70. The van der Waals surface area contributed by atoms with Crippen LogP contribution in [0.5, 0.6) is 0 Å². The molecule has 0 fully saturated rings. The maximum Gasteiger partial charge on any atom is 0.162 e. The third-order valence-corrected chi connectivity index (χ3v) is 8.28. The van der Waals surface area contributed by atoms with E-state index in [4.69, 9.17) is 5.10 Å². The fourth-order valence-corrected chi connectivity index (χ4v) is 5.88. The van der Waals surface area contributed by atoms with E-state index in [0.717, 1.165) is 36.3 Å². The first-order chi connectivity index (χ1) is 20.9. The first kappa shape index (κ1) is 28.5. The standard InChI is InChI=1S/C40H41N3/c1-5-6-16-32-19-13-14-24-37(32)43-39(34-20-15-21-35(29-34)40(2,3)4)42(36-22-11-8-12-23-36)38(41-43)33-27-25-31(26-28-33)30-17-9-7-10-18-30/h7-15,17-29,39H,5-6,16H2,1-4H3.